The van der Waals surface area contributed by atoms with Crippen molar-refractivity contribution in [1.82, 2.24) is 5.32 Å². The predicted molar refractivity (Wildman–Crippen MR) is 44.7 cm³/mol. The van der Waals surface area contributed by atoms with Crippen LogP contribution in [0.15, 0.2) is 0 Å². The van der Waals surface area contributed by atoms with E-state index in [-0.39, 0.29) is 11.9 Å². The average Bonchev–Trinajstić information content (AvgIpc) is 2.53. The van der Waals surface area contributed by atoms with Crippen LogP contribution in [0.25, 0.3) is 0 Å². The average molecular weight is 172 g/mol. The lowest BCUT2D eigenvalue weighted by molar-refractivity contribution is -0.279. The van der Waals surface area contributed by atoms with Crippen molar-refractivity contribution in [2.24, 2.45) is 5.73 Å². The lowest BCUT2D eigenvalue weighted by Gasteiger charge is -2.37. The highest BCUT2D eigenvalue weighted by Crippen LogP contribution is 2.28. The maximum absolute atomic E-state index is 5.77. The number of hydrogen-bond donors (Lipinski definition) is 2. The quantitative estimate of drug-likeness (QED) is 0.556. The third-order valence-corrected chi connectivity index (χ3v) is 2.53. The van der Waals surface area contributed by atoms with E-state index in [0.29, 0.717) is 6.54 Å². The second-order valence-corrected chi connectivity index (χ2v) is 3.45. The number of nitrogens with two attached hydrogens (primary N) is 1. The van der Waals surface area contributed by atoms with Crippen molar-refractivity contribution in [3.8, 4) is 0 Å². The van der Waals surface area contributed by atoms with E-state index in [1.54, 1.807) is 0 Å². The molecular formula is C8H16N2O2. The molecule has 4 heteroatoms. The molecule has 0 aromatic rings. The van der Waals surface area contributed by atoms with Crippen molar-refractivity contribution in [1.29, 1.82) is 0 Å². The van der Waals surface area contributed by atoms with Crippen molar-refractivity contribution in [2.75, 3.05) is 26.2 Å². The maximum Gasteiger partial charge on any atom is 0.182 e. The van der Waals surface area contributed by atoms with Crippen molar-refractivity contribution < 1.29 is 9.47 Å². The Bertz CT molecular complexity index is 157. The molecule has 0 aliphatic carbocycles. The predicted octanol–water partition coefficient (Wildman–Crippen LogP) is -0.560. The van der Waals surface area contributed by atoms with Gasteiger partial charge >= 0.3 is 0 Å². The van der Waals surface area contributed by atoms with Gasteiger partial charge in [0.25, 0.3) is 0 Å². The van der Waals surface area contributed by atoms with Gasteiger partial charge in [-0.15, -0.1) is 0 Å². The van der Waals surface area contributed by atoms with Gasteiger partial charge < -0.3 is 20.5 Å². The summed E-state index contributed by atoms with van der Waals surface area (Å²) in [5.41, 5.74) is 5.55. The fraction of sp³-hybridized carbons (Fsp3) is 1.00. The molecule has 12 heavy (non-hydrogen) atoms. The zero-order valence-electron chi connectivity index (χ0n) is 7.21. The summed E-state index contributed by atoms with van der Waals surface area (Å²) >= 11 is 0. The molecule has 2 aliphatic heterocycles. The molecule has 2 atom stereocenters. The molecule has 0 amide bonds. The third-order valence-electron chi connectivity index (χ3n) is 2.53. The largest absolute Gasteiger partial charge is 0.348 e. The third kappa shape index (κ3) is 1.47. The SMILES string of the molecule is NCC1CCOC2(CCNC2)O1. The van der Waals surface area contributed by atoms with Gasteiger partial charge in [-0.3, -0.25) is 0 Å². The van der Waals surface area contributed by atoms with Gasteiger partial charge in [-0.1, -0.05) is 0 Å². The Hall–Kier alpha value is -0.160. The van der Waals surface area contributed by atoms with E-state index in [0.717, 1.165) is 32.5 Å². The second kappa shape index (κ2) is 3.30. The van der Waals surface area contributed by atoms with Crippen molar-refractivity contribution >= 4 is 0 Å². The highest BCUT2D eigenvalue weighted by Gasteiger charge is 2.40. The Morgan fingerprint density at radius 1 is 1.58 bits per heavy atom. The fourth-order valence-electron chi connectivity index (χ4n) is 1.81. The molecule has 2 unspecified atom stereocenters. The first kappa shape index (κ1) is 8.44. The van der Waals surface area contributed by atoms with Crippen LogP contribution in [0.5, 0.6) is 0 Å². The zero-order chi connectivity index (χ0) is 8.44. The minimum atomic E-state index is -0.345. The van der Waals surface area contributed by atoms with Gasteiger partial charge in [-0.25, -0.2) is 0 Å². The van der Waals surface area contributed by atoms with E-state index < -0.39 is 0 Å². The van der Waals surface area contributed by atoms with Crippen LogP contribution in [0.1, 0.15) is 12.8 Å². The molecule has 2 rings (SSSR count). The van der Waals surface area contributed by atoms with Crippen molar-refractivity contribution in [3.05, 3.63) is 0 Å². The molecule has 0 saturated carbocycles. The van der Waals surface area contributed by atoms with Gasteiger partial charge in [0.15, 0.2) is 5.79 Å². The van der Waals surface area contributed by atoms with Gasteiger partial charge in [-0.05, 0) is 6.42 Å². The van der Waals surface area contributed by atoms with Crippen LogP contribution < -0.4 is 11.1 Å². The van der Waals surface area contributed by atoms with Gasteiger partial charge in [0.1, 0.15) is 0 Å². The number of hydrogen-bond acceptors (Lipinski definition) is 4. The van der Waals surface area contributed by atoms with Gasteiger partial charge in [0.2, 0.25) is 0 Å². The maximum atomic E-state index is 5.77. The summed E-state index contributed by atoms with van der Waals surface area (Å²) < 4.78 is 11.4. The van der Waals surface area contributed by atoms with E-state index in [1.807, 2.05) is 0 Å². The normalized spacial score (nSPS) is 42.2. The van der Waals surface area contributed by atoms with Gasteiger partial charge in [-0.2, -0.15) is 0 Å². The smallest absolute Gasteiger partial charge is 0.182 e. The van der Waals surface area contributed by atoms with Crippen LogP contribution in [0, 0.1) is 0 Å². The topological polar surface area (TPSA) is 56.5 Å². The first-order valence-corrected chi connectivity index (χ1v) is 4.57. The van der Waals surface area contributed by atoms with E-state index in [2.05, 4.69) is 5.32 Å². The molecule has 2 heterocycles. The van der Waals surface area contributed by atoms with Crippen molar-refractivity contribution in [2.45, 2.75) is 24.7 Å². The summed E-state index contributed by atoms with van der Waals surface area (Å²) in [6.45, 7) is 3.18. The lowest BCUT2D eigenvalue weighted by atomic mass is 10.1. The van der Waals surface area contributed by atoms with Crippen LogP contribution in [0.4, 0.5) is 0 Å². The standard InChI is InChI=1S/C8H16N2O2/c9-5-7-1-4-11-8(12-7)2-3-10-6-8/h7,10H,1-6,9H2. The van der Waals surface area contributed by atoms with E-state index in [9.17, 15) is 0 Å². The molecule has 1 spiro atoms. The number of rotatable bonds is 1. The summed E-state index contributed by atoms with van der Waals surface area (Å²) in [6, 6.07) is 0. The van der Waals surface area contributed by atoms with Crippen LogP contribution in [0.3, 0.4) is 0 Å². The summed E-state index contributed by atoms with van der Waals surface area (Å²) in [5, 5.41) is 3.24. The van der Waals surface area contributed by atoms with Crippen molar-refractivity contribution in [3.63, 3.8) is 0 Å². The fourth-order valence-corrected chi connectivity index (χ4v) is 1.81. The molecule has 2 fully saturated rings. The molecule has 70 valence electrons. The Kier molecular flexibility index (Phi) is 2.32. The van der Waals surface area contributed by atoms with Crippen LogP contribution in [-0.2, 0) is 9.47 Å². The van der Waals surface area contributed by atoms with Crippen LogP contribution in [-0.4, -0.2) is 38.1 Å². The minimum Gasteiger partial charge on any atom is -0.348 e. The summed E-state index contributed by atoms with van der Waals surface area (Å²) in [6.07, 6.45) is 2.07. The van der Waals surface area contributed by atoms with Crippen LogP contribution in [0.2, 0.25) is 0 Å². The van der Waals surface area contributed by atoms with E-state index in [1.165, 1.54) is 0 Å². The monoisotopic (exact) mass is 172 g/mol. The summed E-state index contributed by atoms with van der Waals surface area (Å²) in [7, 11) is 0. The van der Waals surface area contributed by atoms with E-state index in [4.69, 9.17) is 15.2 Å². The molecule has 2 saturated heterocycles. The molecule has 3 N–H and O–H groups in total. The zero-order valence-corrected chi connectivity index (χ0v) is 7.21. The second-order valence-electron chi connectivity index (χ2n) is 3.45. The Morgan fingerprint density at radius 2 is 2.50 bits per heavy atom. The molecule has 0 aromatic heterocycles. The first-order valence-electron chi connectivity index (χ1n) is 4.57. The minimum absolute atomic E-state index is 0.193. The molecular weight excluding hydrogens is 156 g/mol. The Balaban J connectivity index is 1.97. The van der Waals surface area contributed by atoms with Crippen LogP contribution >= 0.6 is 0 Å². The molecule has 0 bridgehead atoms. The molecule has 4 nitrogen and oxygen atoms in total. The highest BCUT2D eigenvalue weighted by molar-refractivity contribution is 4.85. The lowest BCUT2D eigenvalue weighted by Crippen LogP contribution is -2.48. The highest BCUT2D eigenvalue weighted by atomic mass is 16.7. The first-order chi connectivity index (χ1) is 5.85. The Labute approximate surface area is 72.4 Å². The Morgan fingerprint density at radius 3 is 3.17 bits per heavy atom. The molecule has 0 radical (unpaired) electrons. The van der Waals surface area contributed by atoms with Gasteiger partial charge in [0, 0.05) is 26.1 Å². The molecule has 2 aliphatic rings. The molecule has 0 aromatic carbocycles. The summed E-state index contributed by atoms with van der Waals surface area (Å²) in [4.78, 5) is 0. The van der Waals surface area contributed by atoms with Gasteiger partial charge in [0.05, 0.1) is 12.7 Å². The summed E-state index contributed by atoms with van der Waals surface area (Å²) in [5.74, 6) is -0.345. The number of nitrogens with one attached hydrogen (secondary N) is 1. The van der Waals surface area contributed by atoms with E-state index >= 15 is 0 Å². The number of ether oxygens (including phenoxy) is 2.